The number of methoxy groups -OCH3 is 1. The average molecular weight is 372 g/mol. The van der Waals surface area contributed by atoms with Gasteiger partial charge in [-0.25, -0.2) is 4.79 Å². The van der Waals surface area contributed by atoms with Crippen molar-refractivity contribution in [2.75, 3.05) is 33.5 Å². The van der Waals surface area contributed by atoms with Crippen LogP contribution in [0.2, 0.25) is 0 Å². The number of rotatable bonds is 7. The molecule has 7 nitrogen and oxygen atoms in total. The lowest BCUT2D eigenvalue weighted by Crippen LogP contribution is -2.17. The van der Waals surface area contributed by atoms with Crippen LogP contribution in [-0.2, 0) is 4.74 Å². The topological polar surface area (TPSA) is 80.3 Å². The van der Waals surface area contributed by atoms with Crippen LogP contribution in [-0.4, -0.2) is 45.3 Å². The van der Waals surface area contributed by atoms with Gasteiger partial charge in [0.2, 0.25) is 0 Å². The summed E-state index contributed by atoms with van der Waals surface area (Å²) in [7, 11) is 1.48. The van der Waals surface area contributed by atoms with Crippen molar-refractivity contribution in [1.82, 2.24) is 0 Å². The molecule has 0 saturated carbocycles. The molecule has 0 fully saturated rings. The van der Waals surface area contributed by atoms with E-state index in [2.05, 4.69) is 0 Å². The average Bonchev–Trinajstić information content (AvgIpc) is 2.71. The van der Waals surface area contributed by atoms with Crippen LogP contribution in [0.3, 0.4) is 0 Å². The smallest absolute Gasteiger partial charge is 0.338 e. The van der Waals surface area contributed by atoms with Crippen molar-refractivity contribution in [2.24, 2.45) is 0 Å². The van der Waals surface area contributed by atoms with Gasteiger partial charge in [-0.15, -0.1) is 0 Å². The number of carbonyl (C=O) groups is 2. The van der Waals surface area contributed by atoms with E-state index in [1.165, 1.54) is 13.2 Å². The van der Waals surface area contributed by atoms with Gasteiger partial charge in [0.05, 0.1) is 19.3 Å². The van der Waals surface area contributed by atoms with Crippen LogP contribution in [0, 0.1) is 0 Å². The molecule has 0 N–H and O–H groups in total. The number of esters is 1. The van der Waals surface area contributed by atoms with Crippen molar-refractivity contribution >= 4 is 11.8 Å². The molecule has 0 amide bonds. The maximum absolute atomic E-state index is 12.3. The molecule has 3 rings (SSSR count). The molecule has 27 heavy (non-hydrogen) atoms. The zero-order valence-corrected chi connectivity index (χ0v) is 15.2. The third-order valence-electron chi connectivity index (χ3n) is 3.90. The van der Waals surface area contributed by atoms with Crippen LogP contribution < -0.4 is 18.9 Å². The molecule has 0 aromatic heterocycles. The lowest BCUT2D eigenvalue weighted by Gasteiger charge is -2.18. The Labute approximate surface area is 156 Å². The largest absolute Gasteiger partial charge is 0.493 e. The number of ketones is 1. The number of carbonyl (C=O) groups excluding carboxylic acids is 2. The number of ether oxygens (including phenoxy) is 5. The summed E-state index contributed by atoms with van der Waals surface area (Å²) < 4.78 is 26.6. The van der Waals surface area contributed by atoms with E-state index >= 15 is 0 Å². The van der Waals surface area contributed by atoms with E-state index in [1.807, 2.05) is 6.92 Å². The number of hydrogen-bond donors (Lipinski definition) is 0. The number of fused-ring (bicyclic) bond motifs is 1. The third-order valence-corrected chi connectivity index (χ3v) is 3.90. The molecule has 0 bridgehead atoms. The predicted molar refractivity (Wildman–Crippen MR) is 96.2 cm³/mol. The fraction of sp³-hybridized carbons (Fsp3) is 0.300. The first-order valence-corrected chi connectivity index (χ1v) is 8.53. The molecule has 0 unspecified atom stereocenters. The van der Waals surface area contributed by atoms with Crippen LogP contribution in [0.1, 0.15) is 27.6 Å². The van der Waals surface area contributed by atoms with E-state index in [9.17, 15) is 9.59 Å². The van der Waals surface area contributed by atoms with Crippen LogP contribution in [0.25, 0.3) is 0 Å². The summed E-state index contributed by atoms with van der Waals surface area (Å²) in [4.78, 5) is 24.5. The molecule has 0 aliphatic carbocycles. The molecule has 0 spiro atoms. The number of Topliss-reactive ketones (excluding diaryl/α,β-unsaturated/α-hetero) is 1. The Hall–Kier alpha value is -3.22. The second-order valence-electron chi connectivity index (χ2n) is 5.66. The molecule has 2 aromatic carbocycles. The van der Waals surface area contributed by atoms with Crippen LogP contribution in [0.4, 0.5) is 0 Å². The lowest BCUT2D eigenvalue weighted by molar-refractivity contribution is 0.0474. The van der Waals surface area contributed by atoms with Gasteiger partial charge < -0.3 is 23.7 Å². The Morgan fingerprint density at radius 2 is 1.70 bits per heavy atom. The van der Waals surface area contributed by atoms with Crippen LogP contribution >= 0.6 is 0 Å². The highest BCUT2D eigenvalue weighted by Gasteiger charge is 2.17. The monoisotopic (exact) mass is 372 g/mol. The second kappa shape index (κ2) is 8.44. The molecule has 0 atom stereocenters. The summed E-state index contributed by atoms with van der Waals surface area (Å²) in [6.07, 6.45) is 0. The summed E-state index contributed by atoms with van der Waals surface area (Å²) in [5.41, 5.74) is 0.654. The summed E-state index contributed by atoms with van der Waals surface area (Å²) in [6, 6.07) is 9.57. The summed E-state index contributed by atoms with van der Waals surface area (Å²) in [6.45, 7) is 2.85. The van der Waals surface area contributed by atoms with Gasteiger partial charge in [-0.1, -0.05) is 0 Å². The maximum atomic E-state index is 12.3. The van der Waals surface area contributed by atoms with Crippen LogP contribution in [0.15, 0.2) is 36.4 Å². The quantitative estimate of drug-likeness (QED) is 0.546. The van der Waals surface area contributed by atoms with Gasteiger partial charge in [0.1, 0.15) is 13.2 Å². The molecule has 2 aromatic rings. The second-order valence-corrected chi connectivity index (χ2v) is 5.66. The summed E-state index contributed by atoms with van der Waals surface area (Å²) in [5.74, 6) is 1.10. The Morgan fingerprint density at radius 3 is 2.44 bits per heavy atom. The highest BCUT2D eigenvalue weighted by Crippen LogP contribution is 2.31. The van der Waals surface area contributed by atoms with Crippen molar-refractivity contribution in [1.29, 1.82) is 0 Å². The fourth-order valence-electron chi connectivity index (χ4n) is 2.58. The first-order valence-electron chi connectivity index (χ1n) is 8.53. The van der Waals surface area contributed by atoms with Crippen molar-refractivity contribution in [3.05, 3.63) is 47.5 Å². The molecule has 1 heterocycles. The van der Waals surface area contributed by atoms with E-state index in [0.717, 1.165) is 0 Å². The first-order chi connectivity index (χ1) is 13.1. The van der Waals surface area contributed by atoms with E-state index in [-0.39, 0.29) is 18.0 Å². The van der Waals surface area contributed by atoms with Crippen molar-refractivity contribution < 1.29 is 33.3 Å². The minimum Gasteiger partial charge on any atom is -0.493 e. The minimum absolute atomic E-state index is 0.269. The van der Waals surface area contributed by atoms with E-state index in [1.54, 1.807) is 30.3 Å². The SMILES string of the molecule is CCOc1ccc(C(=O)OCC(=O)c2ccc3c(c2)OCCO3)cc1OC. The Morgan fingerprint density at radius 1 is 0.963 bits per heavy atom. The standard InChI is InChI=1S/C20H20O7/c1-3-24-16-7-5-14(11-18(16)23-2)20(22)27-12-15(21)13-4-6-17-19(10-13)26-9-8-25-17/h4-7,10-11H,3,8-9,12H2,1-2H3. The number of hydrogen-bond acceptors (Lipinski definition) is 7. The maximum Gasteiger partial charge on any atom is 0.338 e. The fourth-order valence-corrected chi connectivity index (χ4v) is 2.58. The Balaban J connectivity index is 1.64. The van der Waals surface area contributed by atoms with Gasteiger partial charge in [0.25, 0.3) is 0 Å². The van der Waals surface area contributed by atoms with Crippen molar-refractivity contribution in [3.63, 3.8) is 0 Å². The zero-order valence-electron chi connectivity index (χ0n) is 15.2. The molecule has 0 radical (unpaired) electrons. The highest BCUT2D eigenvalue weighted by atomic mass is 16.6. The molecular weight excluding hydrogens is 352 g/mol. The Kier molecular flexibility index (Phi) is 5.80. The molecule has 1 aliphatic rings. The Bertz CT molecular complexity index is 844. The van der Waals surface area contributed by atoms with Gasteiger partial charge in [-0.05, 0) is 43.3 Å². The van der Waals surface area contributed by atoms with E-state index in [0.29, 0.717) is 48.4 Å². The first kappa shape index (κ1) is 18.6. The molecule has 1 aliphatic heterocycles. The molecule has 142 valence electrons. The highest BCUT2D eigenvalue weighted by molar-refractivity contribution is 6.00. The lowest BCUT2D eigenvalue weighted by atomic mass is 10.1. The van der Waals surface area contributed by atoms with E-state index < -0.39 is 5.97 Å². The van der Waals surface area contributed by atoms with Gasteiger partial charge in [-0.3, -0.25) is 4.79 Å². The predicted octanol–water partition coefficient (Wildman–Crippen LogP) is 2.90. The van der Waals surface area contributed by atoms with Crippen molar-refractivity contribution in [2.45, 2.75) is 6.92 Å². The van der Waals surface area contributed by atoms with Gasteiger partial charge in [0.15, 0.2) is 35.4 Å². The third kappa shape index (κ3) is 4.31. The molecule has 0 saturated heterocycles. The number of benzene rings is 2. The minimum atomic E-state index is -0.623. The van der Waals surface area contributed by atoms with Gasteiger partial charge >= 0.3 is 5.97 Å². The summed E-state index contributed by atoms with van der Waals surface area (Å²) >= 11 is 0. The van der Waals surface area contributed by atoms with Crippen LogP contribution in [0.5, 0.6) is 23.0 Å². The molecular formula is C20H20O7. The zero-order chi connectivity index (χ0) is 19.2. The van der Waals surface area contributed by atoms with E-state index in [4.69, 9.17) is 23.7 Å². The van der Waals surface area contributed by atoms with Gasteiger partial charge in [-0.2, -0.15) is 0 Å². The summed E-state index contributed by atoms with van der Waals surface area (Å²) in [5, 5.41) is 0. The molecule has 7 heteroatoms. The van der Waals surface area contributed by atoms with Gasteiger partial charge in [0, 0.05) is 5.56 Å². The normalized spacial score (nSPS) is 12.2. The van der Waals surface area contributed by atoms with Crippen molar-refractivity contribution in [3.8, 4) is 23.0 Å².